The van der Waals surface area contributed by atoms with E-state index in [4.69, 9.17) is 14.6 Å². The number of alkyl carbamates (subject to hydrolysis) is 1. The zero-order valence-electron chi connectivity index (χ0n) is 8.84. The number of hydrogen-bond donors (Lipinski definition) is 2. The molecule has 1 aliphatic rings. The molecule has 2 N–H and O–H groups in total. The molecule has 5 heteroatoms. The molecule has 0 radical (unpaired) electrons. The second-order valence-electron chi connectivity index (χ2n) is 3.53. The van der Waals surface area contributed by atoms with Crippen LogP contribution in [-0.2, 0) is 4.74 Å². The summed E-state index contributed by atoms with van der Waals surface area (Å²) in [5, 5.41) is 11.6. The smallest absolute Gasteiger partial charge is 0.408 e. The molecule has 5 nitrogen and oxygen atoms in total. The molecule has 2 atom stereocenters. The Morgan fingerprint density at radius 1 is 1.44 bits per heavy atom. The zero-order valence-corrected chi connectivity index (χ0v) is 8.84. The highest BCUT2D eigenvalue weighted by atomic mass is 16.6. The van der Waals surface area contributed by atoms with Gasteiger partial charge in [-0.1, -0.05) is 12.1 Å². The van der Waals surface area contributed by atoms with Crippen molar-refractivity contribution in [2.24, 2.45) is 0 Å². The third-order valence-electron chi connectivity index (χ3n) is 2.54. The van der Waals surface area contributed by atoms with Gasteiger partial charge in [0.25, 0.3) is 0 Å². The number of nitrogens with one attached hydrogen (secondary N) is 1. The Morgan fingerprint density at radius 3 is 2.69 bits per heavy atom. The lowest BCUT2D eigenvalue weighted by molar-refractivity contribution is 0.119. The summed E-state index contributed by atoms with van der Waals surface area (Å²) in [4.78, 5) is 11.1. The van der Waals surface area contributed by atoms with Gasteiger partial charge in [0, 0.05) is 0 Å². The van der Waals surface area contributed by atoms with E-state index >= 15 is 0 Å². The number of carbonyl (C=O) groups excluding carboxylic acids is 1. The molecule has 1 aliphatic heterocycles. The second kappa shape index (κ2) is 4.40. The summed E-state index contributed by atoms with van der Waals surface area (Å²) in [7, 11) is 1.59. The van der Waals surface area contributed by atoms with Crippen molar-refractivity contribution in [2.45, 2.75) is 12.1 Å². The molecule has 1 aromatic rings. The lowest BCUT2D eigenvalue weighted by atomic mass is 10.0. The predicted molar refractivity (Wildman–Crippen MR) is 56.2 cm³/mol. The van der Waals surface area contributed by atoms with E-state index < -0.39 is 12.2 Å². The highest BCUT2D eigenvalue weighted by Gasteiger charge is 2.34. The standard InChI is InChI=1S/C11H13NO4/c1-15-8-4-2-7(3-5-8)10-9(6-13)12-11(14)16-10/h2-5,9-10,13H,6H2,1H3,(H,12,14)/t9-,10+/m0/s1. The van der Waals surface area contributed by atoms with E-state index in [9.17, 15) is 4.79 Å². The lowest BCUT2D eigenvalue weighted by Gasteiger charge is -2.15. The minimum Gasteiger partial charge on any atom is -0.497 e. The van der Waals surface area contributed by atoms with Crippen molar-refractivity contribution in [2.75, 3.05) is 13.7 Å². The fourth-order valence-electron chi connectivity index (χ4n) is 1.69. The van der Waals surface area contributed by atoms with Crippen LogP contribution >= 0.6 is 0 Å². The molecule has 0 spiro atoms. The Bertz CT molecular complexity index is 376. The highest BCUT2D eigenvalue weighted by Crippen LogP contribution is 2.27. The van der Waals surface area contributed by atoms with E-state index in [1.165, 1.54) is 0 Å². The van der Waals surface area contributed by atoms with Gasteiger partial charge in [-0.05, 0) is 17.7 Å². The molecule has 0 aromatic heterocycles. The molecule has 0 aliphatic carbocycles. The van der Waals surface area contributed by atoms with Crippen molar-refractivity contribution in [1.29, 1.82) is 0 Å². The quantitative estimate of drug-likeness (QED) is 0.796. The van der Waals surface area contributed by atoms with Crippen molar-refractivity contribution in [3.05, 3.63) is 29.8 Å². The van der Waals surface area contributed by atoms with Crippen LogP contribution in [-0.4, -0.2) is 31.0 Å². The fourth-order valence-corrected chi connectivity index (χ4v) is 1.69. The fraction of sp³-hybridized carbons (Fsp3) is 0.364. The van der Waals surface area contributed by atoms with Crippen molar-refractivity contribution >= 4 is 6.09 Å². The van der Waals surface area contributed by atoms with Crippen molar-refractivity contribution in [3.8, 4) is 5.75 Å². The molecule has 0 unspecified atom stereocenters. The van der Waals surface area contributed by atoms with Gasteiger partial charge in [-0.25, -0.2) is 4.79 Å². The lowest BCUT2D eigenvalue weighted by Crippen LogP contribution is -2.31. The molecule has 1 amide bonds. The van der Waals surface area contributed by atoms with Crippen molar-refractivity contribution < 1.29 is 19.4 Å². The summed E-state index contributed by atoms with van der Waals surface area (Å²) < 4.78 is 10.1. The van der Waals surface area contributed by atoms with E-state index in [0.29, 0.717) is 0 Å². The number of aliphatic hydroxyl groups excluding tert-OH is 1. The van der Waals surface area contributed by atoms with E-state index in [1.54, 1.807) is 19.2 Å². The van der Waals surface area contributed by atoms with Crippen LogP contribution in [0.4, 0.5) is 4.79 Å². The van der Waals surface area contributed by atoms with Crippen molar-refractivity contribution in [1.82, 2.24) is 5.32 Å². The molecule has 1 fully saturated rings. The van der Waals surface area contributed by atoms with Gasteiger partial charge in [-0.3, -0.25) is 0 Å². The van der Waals surface area contributed by atoms with E-state index in [2.05, 4.69) is 5.32 Å². The van der Waals surface area contributed by atoms with Crippen LogP contribution in [0.2, 0.25) is 0 Å². The number of benzene rings is 1. The Kier molecular flexibility index (Phi) is 2.96. The Labute approximate surface area is 93.0 Å². The van der Waals surface area contributed by atoms with Gasteiger partial charge < -0.3 is 19.9 Å². The number of amides is 1. The second-order valence-corrected chi connectivity index (χ2v) is 3.53. The summed E-state index contributed by atoms with van der Waals surface area (Å²) >= 11 is 0. The number of cyclic esters (lactones) is 1. The van der Waals surface area contributed by atoms with Gasteiger partial charge in [-0.15, -0.1) is 0 Å². The summed E-state index contributed by atoms with van der Waals surface area (Å²) in [5.74, 6) is 0.738. The third kappa shape index (κ3) is 1.94. The molecule has 0 saturated carbocycles. The van der Waals surface area contributed by atoms with E-state index in [1.807, 2.05) is 12.1 Å². The summed E-state index contributed by atoms with van der Waals surface area (Å²) in [5.41, 5.74) is 0.832. The minimum absolute atomic E-state index is 0.150. The van der Waals surface area contributed by atoms with Crippen LogP contribution in [0.3, 0.4) is 0 Å². The third-order valence-corrected chi connectivity index (χ3v) is 2.54. The minimum atomic E-state index is -0.500. The molecule has 86 valence electrons. The van der Waals surface area contributed by atoms with Gasteiger partial charge in [0.05, 0.1) is 19.8 Å². The molecule has 2 rings (SSSR count). The maximum atomic E-state index is 11.1. The monoisotopic (exact) mass is 223 g/mol. The van der Waals surface area contributed by atoms with Crippen LogP contribution in [0.15, 0.2) is 24.3 Å². The molecule has 16 heavy (non-hydrogen) atoms. The summed E-state index contributed by atoms with van der Waals surface area (Å²) in [6.07, 6.45) is -0.941. The van der Waals surface area contributed by atoms with E-state index in [0.717, 1.165) is 11.3 Å². The number of aliphatic hydroxyl groups is 1. The van der Waals surface area contributed by atoms with Crippen LogP contribution in [0.25, 0.3) is 0 Å². The normalized spacial score (nSPS) is 23.8. The largest absolute Gasteiger partial charge is 0.497 e. The number of carbonyl (C=O) groups is 1. The Balaban J connectivity index is 2.19. The first-order chi connectivity index (χ1) is 7.74. The summed E-state index contributed by atoms with van der Waals surface area (Å²) in [6, 6.07) is 6.81. The number of hydrogen-bond acceptors (Lipinski definition) is 4. The first-order valence-electron chi connectivity index (χ1n) is 4.96. The van der Waals surface area contributed by atoms with Crippen molar-refractivity contribution in [3.63, 3.8) is 0 Å². The van der Waals surface area contributed by atoms with Gasteiger partial charge in [-0.2, -0.15) is 0 Å². The SMILES string of the molecule is COc1ccc([C@H]2OC(=O)N[C@H]2CO)cc1. The van der Waals surface area contributed by atoms with Gasteiger partial charge in [0.15, 0.2) is 6.10 Å². The molecule has 1 heterocycles. The first-order valence-corrected chi connectivity index (χ1v) is 4.96. The topological polar surface area (TPSA) is 67.8 Å². The Morgan fingerprint density at radius 2 is 2.12 bits per heavy atom. The van der Waals surface area contributed by atoms with Gasteiger partial charge in [0.1, 0.15) is 5.75 Å². The number of methoxy groups -OCH3 is 1. The first kappa shape index (κ1) is 10.8. The highest BCUT2D eigenvalue weighted by molar-refractivity contribution is 5.70. The average molecular weight is 223 g/mol. The van der Waals surface area contributed by atoms with Crippen LogP contribution in [0.1, 0.15) is 11.7 Å². The zero-order chi connectivity index (χ0) is 11.5. The van der Waals surface area contributed by atoms with Gasteiger partial charge in [0.2, 0.25) is 0 Å². The molecule has 1 aromatic carbocycles. The molecular weight excluding hydrogens is 210 g/mol. The summed E-state index contributed by atoms with van der Waals surface area (Å²) in [6.45, 7) is -0.150. The Hall–Kier alpha value is -1.75. The van der Waals surface area contributed by atoms with Crippen LogP contribution in [0.5, 0.6) is 5.75 Å². The predicted octanol–water partition coefficient (Wildman–Crippen LogP) is 0.837. The van der Waals surface area contributed by atoms with Gasteiger partial charge >= 0.3 is 6.09 Å². The number of rotatable bonds is 3. The van der Waals surface area contributed by atoms with Crippen LogP contribution < -0.4 is 10.1 Å². The molecule has 0 bridgehead atoms. The maximum absolute atomic E-state index is 11.1. The average Bonchev–Trinajstić information content (AvgIpc) is 2.70. The molecule has 1 saturated heterocycles. The maximum Gasteiger partial charge on any atom is 0.408 e. The van der Waals surface area contributed by atoms with E-state index in [-0.39, 0.29) is 12.6 Å². The van der Waals surface area contributed by atoms with Crippen LogP contribution in [0, 0.1) is 0 Å². The molecular formula is C11H13NO4. The number of ether oxygens (including phenoxy) is 2.